The van der Waals surface area contributed by atoms with Crippen molar-refractivity contribution in [2.24, 2.45) is 5.92 Å². The molecule has 6 rings (SSSR count). The van der Waals surface area contributed by atoms with Gasteiger partial charge in [-0.05, 0) is 29.3 Å². The van der Waals surface area contributed by atoms with Crippen molar-refractivity contribution in [2.75, 3.05) is 39.8 Å². The molecule has 0 spiro atoms. The van der Waals surface area contributed by atoms with Gasteiger partial charge in [-0.1, -0.05) is 66.7 Å². The molecule has 38 heavy (non-hydrogen) atoms. The topological polar surface area (TPSA) is 84.9 Å². The van der Waals surface area contributed by atoms with Crippen molar-refractivity contribution in [2.45, 2.75) is 24.5 Å². The summed E-state index contributed by atoms with van der Waals surface area (Å²) in [5, 5.41) is 14.8. The molecule has 3 aromatic carbocycles. The number of nitrogens with one attached hydrogen (secondary N) is 1. The van der Waals surface area contributed by atoms with Gasteiger partial charge in [-0.25, -0.2) is 4.79 Å². The molecule has 198 valence electrons. The van der Waals surface area contributed by atoms with Crippen molar-refractivity contribution < 1.29 is 28.7 Å². The van der Waals surface area contributed by atoms with Crippen LogP contribution in [0.15, 0.2) is 84.9 Å². The van der Waals surface area contributed by atoms with E-state index in [2.05, 4.69) is 5.32 Å². The monoisotopic (exact) mass is 515 g/mol. The minimum Gasteiger partial charge on any atom is -0.497 e. The Labute approximate surface area is 223 Å². The molecule has 1 atom stereocenters. The lowest BCUT2D eigenvalue weighted by molar-refractivity contribution is -0.945. The normalized spacial score (nSPS) is 22.5. The zero-order valence-electron chi connectivity index (χ0n) is 21.7. The van der Waals surface area contributed by atoms with Crippen molar-refractivity contribution >= 4 is 11.9 Å². The zero-order chi connectivity index (χ0) is 26.6. The Kier molecular flexibility index (Phi) is 7.49. The highest BCUT2D eigenvalue weighted by molar-refractivity contribution is 5.94. The Hall–Kier alpha value is -3.68. The van der Waals surface area contributed by atoms with Crippen LogP contribution >= 0.6 is 0 Å². The number of quaternary nitrogens is 1. The van der Waals surface area contributed by atoms with Crippen LogP contribution in [0.5, 0.6) is 5.75 Å². The van der Waals surface area contributed by atoms with Crippen molar-refractivity contribution in [3.63, 3.8) is 0 Å². The lowest BCUT2D eigenvalue weighted by Gasteiger charge is -2.52. The van der Waals surface area contributed by atoms with Gasteiger partial charge in [-0.15, -0.1) is 0 Å². The summed E-state index contributed by atoms with van der Waals surface area (Å²) in [5.41, 5.74) is -0.345. The predicted octanol–water partition coefficient (Wildman–Crippen LogP) is 3.51. The molecule has 7 heteroatoms. The first kappa shape index (κ1) is 25.9. The van der Waals surface area contributed by atoms with Gasteiger partial charge in [0.1, 0.15) is 12.3 Å². The molecule has 0 saturated carbocycles. The summed E-state index contributed by atoms with van der Waals surface area (Å²) >= 11 is 0. The summed E-state index contributed by atoms with van der Waals surface area (Å²) in [6, 6.07) is 25.1. The van der Waals surface area contributed by atoms with Gasteiger partial charge in [0, 0.05) is 24.3 Å². The Bertz CT molecular complexity index is 1220. The number of hydrogen-bond acceptors (Lipinski definition) is 5. The first-order chi connectivity index (χ1) is 18.4. The number of ether oxygens (including phenoxy) is 2. The molecule has 3 aromatic rings. The molecule has 3 fully saturated rings. The van der Waals surface area contributed by atoms with E-state index in [9.17, 15) is 14.7 Å². The second-order valence-electron chi connectivity index (χ2n) is 10.4. The van der Waals surface area contributed by atoms with E-state index >= 15 is 0 Å². The van der Waals surface area contributed by atoms with E-state index in [4.69, 9.17) is 9.47 Å². The first-order valence-electron chi connectivity index (χ1n) is 13.3. The lowest BCUT2D eigenvalue weighted by atomic mass is 9.82. The van der Waals surface area contributed by atoms with Gasteiger partial charge < -0.3 is 24.4 Å². The highest BCUT2D eigenvalue weighted by Gasteiger charge is 2.50. The summed E-state index contributed by atoms with van der Waals surface area (Å²) in [5.74, 6) is 0.153. The minimum atomic E-state index is -1.88. The van der Waals surface area contributed by atoms with Gasteiger partial charge in [0.15, 0.2) is 6.10 Å². The number of aliphatic hydroxyl groups is 1. The van der Waals surface area contributed by atoms with Gasteiger partial charge in [0.25, 0.3) is 5.91 Å². The first-order valence-corrected chi connectivity index (χ1v) is 13.3. The molecule has 3 aliphatic heterocycles. The quantitative estimate of drug-likeness (QED) is 0.337. The van der Waals surface area contributed by atoms with Crippen LogP contribution in [0.4, 0.5) is 0 Å². The molecule has 7 nitrogen and oxygen atoms in total. The molecule has 0 aliphatic carbocycles. The van der Waals surface area contributed by atoms with Crippen LogP contribution in [0, 0.1) is 5.92 Å². The SMILES string of the molecule is COc1cccc(C(=O)NCC[N+]23CCC(CC2)[C@@H](OC(=O)C(O)(c2ccccc2)c2ccccc2)C3)c1. The van der Waals surface area contributed by atoms with Crippen LogP contribution in [-0.2, 0) is 15.1 Å². The number of benzene rings is 3. The fourth-order valence-electron chi connectivity index (χ4n) is 5.93. The van der Waals surface area contributed by atoms with Crippen LogP contribution in [-0.4, -0.2) is 67.4 Å². The van der Waals surface area contributed by atoms with E-state index in [1.165, 1.54) is 0 Å². The number of esters is 1. The molecule has 0 unspecified atom stereocenters. The highest BCUT2D eigenvalue weighted by atomic mass is 16.6. The van der Waals surface area contributed by atoms with Gasteiger partial charge >= 0.3 is 5.97 Å². The van der Waals surface area contributed by atoms with Gasteiger partial charge in [-0.3, -0.25) is 4.79 Å². The third kappa shape index (κ3) is 5.17. The fraction of sp³-hybridized carbons (Fsp3) is 0.355. The smallest absolute Gasteiger partial charge is 0.348 e. The highest BCUT2D eigenvalue weighted by Crippen LogP contribution is 2.38. The number of carbonyl (C=O) groups is 2. The van der Waals surface area contributed by atoms with Gasteiger partial charge in [0.05, 0.1) is 33.3 Å². The molecular weight excluding hydrogens is 480 g/mol. The number of fused-ring (bicyclic) bond motifs is 3. The second-order valence-corrected chi connectivity index (χ2v) is 10.4. The number of nitrogens with zero attached hydrogens (tertiary/aromatic N) is 1. The van der Waals surface area contributed by atoms with E-state index in [0.29, 0.717) is 35.5 Å². The predicted molar refractivity (Wildman–Crippen MR) is 144 cm³/mol. The van der Waals surface area contributed by atoms with E-state index in [0.717, 1.165) is 37.0 Å². The molecule has 2 bridgehead atoms. The summed E-state index contributed by atoms with van der Waals surface area (Å²) in [6.07, 6.45) is 1.63. The van der Waals surface area contributed by atoms with E-state index in [-0.39, 0.29) is 17.9 Å². The number of methoxy groups -OCH3 is 1. The van der Waals surface area contributed by atoms with Crippen LogP contribution in [0.3, 0.4) is 0 Å². The van der Waals surface area contributed by atoms with Crippen molar-refractivity contribution in [1.29, 1.82) is 0 Å². The largest absolute Gasteiger partial charge is 0.497 e. The third-order valence-corrected chi connectivity index (χ3v) is 8.18. The number of rotatable bonds is 9. The van der Waals surface area contributed by atoms with Crippen LogP contribution < -0.4 is 10.1 Å². The van der Waals surface area contributed by atoms with Crippen molar-refractivity contribution in [3.05, 3.63) is 102 Å². The van der Waals surface area contributed by atoms with Gasteiger partial charge in [-0.2, -0.15) is 0 Å². The number of amides is 1. The molecule has 0 aromatic heterocycles. The summed E-state index contributed by atoms with van der Waals surface area (Å²) in [7, 11) is 1.58. The third-order valence-electron chi connectivity index (χ3n) is 8.18. The summed E-state index contributed by atoms with van der Waals surface area (Å²) < 4.78 is 12.2. The molecule has 3 heterocycles. The molecular formula is C31H35N2O5+. The van der Waals surface area contributed by atoms with E-state index < -0.39 is 11.6 Å². The van der Waals surface area contributed by atoms with Crippen LogP contribution in [0.2, 0.25) is 0 Å². The minimum absolute atomic E-state index is 0.132. The number of hydrogen-bond donors (Lipinski definition) is 2. The van der Waals surface area contributed by atoms with Gasteiger partial charge in [0.2, 0.25) is 5.60 Å². The Morgan fingerprint density at radius 3 is 2.18 bits per heavy atom. The van der Waals surface area contributed by atoms with Crippen LogP contribution in [0.1, 0.15) is 34.3 Å². The summed E-state index contributed by atoms with van der Waals surface area (Å²) in [4.78, 5) is 26.4. The fourth-order valence-corrected chi connectivity index (χ4v) is 5.93. The zero-order valence-corrected chi connectivity index (χ0v) is 21.7. The lowest BCUT2D eigenvalue weighted by Crippen LogP contribution is -2.66. The maximum atomic E-state index is 13.7. The van der Waals surface area contributed by atoms with E-state index in [1.54, 1.807) is 49.6 Å². The van der Waals surface area contributed by atoms with Crippen molar-refractivity contribution in [3.8, 4) is 5.75 Å². The Balaban J connectivity index is 1.26. The van der Waals surface area contributed by atoms with Crippen molar-refractivity contribution in [1.82, 2.24) is 5.32 Å². The maximum Gasteiger partial charge on any atom is 0.348 e. The maximum absolute atomic E-state index is 13.7. The molecule has 2 N–H and O–H groups in total. The van der Waals surface area contributed by atoms with Crippen LogP contribution in [0.25, 0.3) is 0 Å². The molecule has 3 aliphatic rings. The Morgan fingerprint density at radius 2 is 1.58 bits per heavy atom. The second kappa shape index (κ2) is 11.0. The average Bonchev–Trinajstić information content (AvgIpc) is 2.98. The average molecular weight is 516 g/mol. The summed E-state index contributed by atoms with van der Waals surface area (Å²) in [6.45, 7) is 3.97. The number of piperidine rings is 3. The molecule has 0 radical (unpaired) electrons. The number of carbonyl (C=O) groups excluding carboxylic acids is 2. The molecule has 3 saturated heterocycles. The Morgan fingerprint density at radius 1 is 0.947 bits per heavy atom. The standard InChI is InChI=1S/C31H34N2O5/c1-37-27-14-8-9-24(21-27)29(34)32-17-20-33-18-15-23(16-19-33)28(22-33)38-30(35)31(36,25-10-4-2-5-11-25)26-12-6-3-7-13-26/h2-14,21,23,28,36H,15-20,22H2,1H3/p+1/t23?,28-,33?/m0/s1. The van der Waals surface area contributed by atoms with E-state index in [1.807, 2.05) is 42.5 Å². The molecule has 1 amide bonds.